The molecule has 2 aromatic rings. The Hall–Kier alpha value is -2.78. The van der Waals surface area contributed by atoms with Gasteiger partial charge < -0.3 is 15.0 Å². The van der Waals surface area contributed by atoms with E-state index in [-0.39, 0.29) is 23.2 Å². The summed E-state index contributed by atoms with van der Waals surface area (Å²) in [5.41, 5.74) is 1.06. The topological polar surface area (TPSA) is 96.0 Å². The molecule has 2 amide bonds. The fraction of sp³-hybridized carbons (Fsp3) is 0.440. The quantitative estimate of drug-likeness (QED) is 0.402. The van der Waals surface area contributed by atoms with Gasteiger partial charge in [0.25, 0.3) is 0 Å². The number of hydrogen-bond donors (Lipinski definition) is 1. The smallest absolute Gasteiger partial charge is 0.244 e. The Morgan fingerprint density at radius 2 is 1.80 bits per heavy atom. The molecule has 1 unspecified atom stereocenters. The molecule has 0 heterocycles. The number of sulfonamides is 1. The molecule has 1 N–H and O–H groups in total. The Balaban J connectivity index is 2.40. The highest BCUT2D eigenvalue weighted by Gasteiger charge is 2.31. The second kappa shape index (κ2) is 13.3. The van der Waals surface area contributed by atoms with Crippen LogP contribution >= 0.6 is 11.6 Å². The molecule has 2 aromatic carbocycles. The number of anilines is 1. The second-order valence-electron chi connectivity index (χ2n) is 8.16. The van der Waals surface area contributed by atoms with E-state index in [1.165, 1.54) is 30.2 Å². The van der Waals surface area contributed by atoms with Crippen molar-refractivity contribution in [3.63, 3.8) is 0 Å². The van der Waals surface area contributed by atoms with Gasteiger partial charge in [-0.1, -0.05) is 62.2 Å². The molecule has 1 atom stereocenters. The van der Waals surface area contributed by atoms with Gasteiger partial charge in [-0.2, -0.15) is 0 Å². The molecular formula is C25H34ClN3O5S. The van der Waals surface area contributed by atoms with E-state index in [0.29, 0.717) is 18.7 Å². The lowest BCUT2D eigenvalue weighted by molar-refractivity contribution is -0.140. The average Bonchev–Trinajstić information content (AvgIpc) is 2.82. The predicted octanol–water partition coefficient (Wildman–Crippen LogP) is 3.84. The Kier molecular flexibility index (Phi) is 10.9. The molecule has 8 nitrogen and oxygen atoms in total. The molecule has 0 fully saturated rings. The molecule has 192 valence electrons. The van der Waals surface area contributed by atoms with E-state index >= 15 is 0 Å². The number of unbranched alkanes of at least 4 members (excludes halogenated alkanes) is 1. The van der Waals surface area contributed by atoms with E-state index < -0.39 is 28.5 Å². The van der Waals surface area contributed by atoms with Crippen LogP contribution < -0.4 is 14.4 Å². The van der Waals surface area contributed by atoms with Crippen LogP contribution in [0.5, 0.6) is 5.75 Å². The molecule has 0 aromatic heterocycles. The fourth-order valence-electron chi connectivity index (χ4n) is 3.63. The summed E-state index contributed by atoms with van der Waals surface area (Å²) in [7, 11) is -2.39. The van der Waals surface area contributed by atoms with E-state index in [0.717, 1.165) is 29.0 Å². The van der Waals surface area contributed by atoms with Gasteiger partial charge in [0.05, 0.1) is 24.1 Å². The number of benzene rings is 2. The van der Waals surface area contributed by atoms with Crippen molar-refractivity contribution in [3.8, 4) is 5.75 Å². The summed E-state index contributed by atoms with van der Waals surface area (Å²) in [6, 6.07) is 13.0. The lowest BCUT2D eigenvalue weighted by Crippen LogP contribution is -2.52. The normalized spacial score (nSPS) is 12.0. The number of amides is 2. The molecule has 0 saturated carbocycles. The SMILES string of the molecule is CCCCNC(=O)C(CC)N(Cc1ccccc1)C(=O)CN(c1ccc(OC)c(Cl)c1)S(C)(=O)=O. The highest BCUT2D eigenvalue weighted by molar-refractivity contribution is 7.92. The highest BCUT2D eigenvalue weighted by atomic mass is 35.5. The third kappa shape index (κ3) is 8.14. The molecule has 10 heteroatoms. The third-order valence-corrected chi connectivity index (χ3v) is 6.95. The van der Waals surface area contributed by atoms with Gasteiger partial charge in [-0.05, 0) is 36.6 Å². The number of nitrogens with one attached hydrogen (secondary N) is 1. The van der Waals surface area contributed by atoms with Crippen LogP contribution in [0.3, 0.4) is 0 Å². The summed E-state index contributed by atoms with van der Waals surface area (Å²) in [5.74, 6) is -0.372. The first-order valence-corrected chi connectivity index (χ1v) is 13.8. The van der Waals surface area contributed by atoms with E-state index in [1.54, 1.807) is 0 Å². The zero-order valence-electron chi connectivity index (χ0n) is 20.7. The lowest BCUT2D eigenvalue weighted by Gasteiger charge is -2.33. The number of rotatable bonds is 13. The van der Waals surface area contributed by atoms with Gasteiger partial charge in [0, 0.05) is 13.1 Å². The Bertz CT molecular complexity index is 1100. The van der Waals surface area contributed by atoms with E-state index in [4.69, 9.17) is 16.3 Å². The molecule has 0 spiro atoms. The molecule has 35 heavy (non-hydrogen) atoms. The van der Waals surface area contributed by atoms with Gasteiger partial charge in [0.1, 0.15) is 18.3 Å². The Morgan fingerprint density at radius 3 is 2.34 bits per heavy atom. The number of hydrogen-bond acceptors (Lipinski definition) is 5. The number of ether oxygens (including phenoxy) is 1. The summed E-state index contributed by atoms with van der Waals surface area (Å²) in [5, 5.41) is 3.11. The summed E-state index contributed by atoms with van der Waals surface area (Å²) < 4.78 is 31.5. The molecule has 0 aliphatic rings. The van der Waals surface area contributed by atoms with Crippen molar-refractivity contribution in [1.82, 2.24) is 10.2 Å². The molecule has 0 aliphatic heterocycles. The first kappa shape index (κ1) is 28.5. The standard InChI is InChI=1S/C25H34ClN3O5S/c1-5-7-15-27-25(31)22(6-2)28(17-19-11-9-8-10-12-19)24(30)18-29(35(4,32)33)20-13-14-23(34-3)21(26)16-20/h8-14,16,22H,5-7,15,17-18H2,1-4H3,(H,27,31). The van der Waals surface area contributed by atoms with Gasteiger partial charge in [-0.3, -0.25) is 13.9 Å². The fourth-order valence-corrected chi connectivity index (χ4v) is 4.72. The van der Waals surface area contributed by atoms with Crippen LogP contribution in [0.25, 0.3) is 0 Å². The minimum Gasteiger partial charge on any atom is -0.495 e. The van der Waals surface area contributed by atoms with E-state index in [1.807, 2.05) is 44.2 Å². The molecular weight excluding hydrogens is 490 g/mol. The van der Waals surface area contributed by atoms with Gasteiger partial charge in [0.2, 0.25) is 21.8 Å². The maximum absolute atomic E-state index is 13.6. The van der Waals surface area contributed by atoms with Crippen LogP contribution in [0.4, 0.5) is 5.69 Å². The predicted molar refractivity (Wildman–Crippen MR) is 139 cm³/mol. The molecule has 0 saturated heterocycles. The van der Waals surface area contributed by atoms with Crippen molar-refractivity contribution in [2.45, 2.75) is 45.7 Å². The zero-order valence-corrected chi connectivity index (χ0v) is 22.2. The molecule has 0 bridgehead atoms. The summed E-state index contributed by atoms with van der Waals surface area (Å²) in [6.07, 6.45) is 3.16. The number of methoxy groups -OCH3 is 1. The van der Waals surface area contributed by atoms with Crippen LogP contribution in [0.15, 0.2) is 48.5 Å². The third-order valence-electron chi connectivity index (χ3n) is 5.51. The van der Waals surface area contributed by atoms with E-state index in [9.17, 15) is 18.0 Å². The lowest BCUT2D eigenvalue weighted by atomic mass is 10.1. The van der Waals surface area contributed by atoms with Crippen LogP contribution in [0.2, 0.25) is 5.02 Å². The Labute approximate surface area is 213 Å². The van der Waals surface area contributed by atoms with Gasteiger partial charge >= 0.3 is 0 Å². The number of carbonyl (C=O) groups excluding carboxylic acids is 2. The van der Waals surface area contributed by atoms with Crippen molar-refractivity contribution >= 4 is 39.1 Å². The number of halogens is 1. The van der Waals surface area contributed by atoms with Crippen LogP contribution in [0, 0.1) is 0 Å². The number of carbonyl (C=O) groups is 2. The van der Waals surface area contributed by atoms with Gasteiger partial charge in [0.15, 0.2) is 0 Å². The summed E-state index contributed by atoms with van der Waals surface area (Å²) >= 11 is 6.21. The summed E-state index contributed by atoms with van der Waals surface area (Å²) in [6.45, 7) is 4.05. The van der Waals surface area contributed by atoms with Gasteiger partial charge in [-0.15, -0.1) is 0 Å². The zero-order chi connectivity index (χ0) is 26.0. The minimum atomic E-state index is -3.84. The van der Waals surface area contributed by atoms with Crippen molar-refractivity contribution in [3.05, 3.63) is 59.1 Å². The van der Waals surface area contributed by atoms with Crippen molar-refractivity contribution in [1.29, 1.82) is 0 Å². The van der Waals surface area contributed by atoms with Crippen LogP contribution in [0.1, 0.15) is 38.7 Å². The van der Waals surface area contributed by atoms with Crippen molar-refractivity contribution in [2.24, 2.45) is 0 Å². The molecule has 0 aliphatic carbocycles. The van der Waals surface area contributed by atoms with E-state index in [2.05, 4.69) is 5.32 Å². The first-order chi connectivity index (χ1) is 16.6. The monoisotopic (exact) mass is 523 g/mol. The number of nitrogens with zero attached hydrogens (tertiary/aromatic N) is 2. The van der Waals surface area contributed by atoms with Crippen LogP contribution in [-0.2, 0) is 26.2 Å². The maximum Gasteiger partial charge on any atom is 0.244 e. The largest absolute Gasteiger partial charge is 0.495 e. The van der Waals surface area contributed by atoms with Crippen molar-refractivity contribution < 1.29 is 22.7 Å². The minimum absolute atomic E-state index is 0.167. The maximum atomic E-state index is 13.6. The average molecular weight is 524 g/mol. The Morgan fingerprint density at radius 1 is 1.11 bits per heavy atom. The molecule has 0 radical (unpaired) electrons. The molecule has 2 rings (SSSR count). The van der Waals surface area contributed by atoms with Crippen molar-refractivity contribution in [2.75, 3.05) is 30.8 Å². The van der Waals surface area contributed by atoms with Crippen LogP contribution in [-0.4, -0.2) is 57.6 Å². The summed E-state index contributed by atoms with van der Waals surface area (Å²) in [4.78, 5) is 28.0. The second-order valence-corrected chi connectivity index (χ2v) is 10.5. The highest BCUT2D eigenvalue weighted by Crippen LogP contribution is 2.30. The first-order valence-electron chi connectivity index (χ1n) is 11.5. The van der Waals surface area contributed by atoms with Gasteiger partial charge in [-0.25, -0.2) is 8.42 Å².